The lowest BCUT2D eigenvalue weighted by Crippen LogP contribution is -2.27. The fraction of sp³-hybridized carbons (Fsp3) is 0.400. The van der Waals surface area contributed by atoms with E-state index in [-0.39, 0.29) is 30.6 Å². The fourth-order valence-corrected chi connectivity index (χ4v) is 3.22. The number of carbonyl (C=O) groups excluding carboxylic acids is 2. The van der Waals surface area contributed by atoms with Crippen molar-refractivity contribution in [1.29, 1.82) is 0 Å². The molecule has 0 bridgehead atoms. The van der Waals surface area contributed by atoms with Crippen LogP contribution in [-0.4, -0.2) is 24.9 Å². The zero-order valence-electron chi connectivity index (χ0n) is 15.4. The van der Waals surface area contributed by atoms with Gasteiger partial charge in [-0.2, -0.15) is 0 Å². The van der Waals surface area contributed by atoms with Gasteiger partial charge in [0.1, 0.15) is 0 Å². The molecule has 0 aliphatic carbocycles. The summed E-state index contributed by atoms with van der Waals surface area (Å²) in [6, 6.07) is 9.08. The average Bonchev–Trinajstić information content (AvgIpc) is 3.16. The Labute approximate surface area is 158 Å². The van der Waals surface area contributed by atoms with E-state index in [2.05, 4.69) is 5.32 Å². The quantitative estimate of drug-likeness (QED) is 0.626. The van der Waals surface area contributed by atoms with Gasteiger partial charge in [-0.05, 0) is 49.9 Å². The van der Waals surface area contributed by atoms with Gasteiger partial charge in [0.2, 0.25) is 5.91 Å². The van der Waals surface area contributed by atoms with Crippen LogP contribution in [0.3, 0.4) is 0 Å². The first kappa shape index (κ1) is 20.0. The molecule has 0 spiro atoms. The summed E-state index contributed by atoms with van der Waals surface area (Å²) in [4.78, 5) is 24.8. The van der Waals surface area contributed by atoms with Crippen LogP contribution in [0, 0.1) is 0 Å². The van der Waals surface area contributed by atoms with E-state index in [0.29, 0.717) is 29.6 Å². The lowest BCUT2D eigenvalue weighted by atomic mass is 10.1. The normalized spacial score (nSPS) is 11.7. The maximum absolute atomic E-state index is 12.2. The van der Waals surface area contributed by atoms with E-state index in [1.807, 2.05) is 50.4 Å². The van der Waals surface area contributed by atoms with Crippen molar-refractivity contribution in [3.8, 4) is 11.5 Å². The third kappa shape index (κ3) is 5.59. The first-order valence-corrected chi connectivity index (χ1v) is 9.68. The van der Waals surface area contributed by atoms with Crippen LogP contribution >= 0.6 is 11.3 Å². The molecule has 1 amide bonds. The van der Waals surface area contributed by atoms with Crippen LogP contribution in [-0.2, 0) is 4.79 Å². The predicted octanol–water partition coefficient (Wildman–Crippen LogP) is 4.39. The zero-order chi connectivity index (χ0) is 18.9. The summed E-state index contributed by atoms with van der Waals surface area (Å²) >= 11 is 1.40. The van der Waals surface area contributed by atoms with Gasteiger partial charge in [0.25, 0.3) is 0 Å². The topological polar surface area (TPSA) is 64.6 Å². The van der Waals surface area contributed by atoms with Gasteiger partial charge in [-0.1, -0.05) is 12.1 Å². The van der Waals surface area contributed by atoms with E-state index >= 15 is 0 Å². The molecule has 0 saturated heterocycles. The molecule has 0 saturated carbocycles. The number of benzene rings is 1. The SMILES string of the molecule is CCOc1ccc([C@@H](C)NC(=O)CCC(=O)c2cccs2)cc1OCC. The van der Waals surface area contributed by atoms with Gasteiger partial charge in [-0.3, -0.25) is 9.59 Å². The molecule has 5 nitrogen and oxygen atoms in total. The van der Waals surface area contributed by atoms with Crippen molar-refractivity contribution in [2.24, 2.45) is 0 Å². The summed E-state index contributed by atoms with van der Waals surface area (Å²) in [7, 11) is 0. The molecular weight excluding hydrogens is 350 g/mol. The number of Topliss-reactive ketones (excluding diaryl/α,β-unsaturated/α-hetero) is 1. The second-order valence-electron chi connectivity index (χ2n) is 5.76. The number of hydrogen-bond donors (Lipinski definition) is 1. The molecule has 0 aliphatic heterocycles. The molecule has 0 aliphatic rings. The Kier molecular flexibility index (Phi) is 7.66. The summed E-state index contributed by atoms with van der Waals surface area (Å²) in [6.07, 6.45) is 0.392. The van der Waals surface area contributed by atoms with Crippen LogP contribution in [0.15, 0.2) is 35.7 Å². The number of ketones is 1. The van der Waals surface area contributed by atoms with E-state index in [1.54, 1.807) is 6.07 Å². The van der Waals surface area contributed by atoms with Crippen LogP contribution < -0.4 is 14.8 Å². The number of hydrogen-bond acceptors (Lipinski definition) is 5. The molecule has 2 rings (SSSR count). The van der Waals surface area contributed by atoms with Crippen molar-refractivity contribution >= 4 is 23.0 Å². The van der Waals surface area contributed by atoms with Crippen LogP contribution in [0.4, 0.5) is 0 Å². The minimum absolute atomic E-state index is 0.00232. The van der Waals surface area contributed by atoms with Gasteiger partial charge in [0, 0.05) is 12.8 Å². The Bertz CT molecular complexity index is 727. The molecule has 6 heteroatoms. The van der Waals surface area contributed by atoms with E-state index < -0.39 is 0 Å². The molecule has 26 heavy (non-hydrogen) atoms. The zero-order valence-corrected chi connectivity index (χ0v) is 16.2. The second kappa shape index (κ2) is 9.97. The summed E-state index contributed by atoms with van der Waals surface area (Å²) < 4.78 is 11.2. The van der Waals surface area contributed by atoms with Crippen molar-refractivity contribution in [2.45, 2.75) is 39.7 Å². The smallest absolute Gasteiger partial charge is 0.220 e. The Morgan fingerprint density at radius 2 is 1.81 bits per heavy atom. The highest BCUT2D eigenvalue weighted by Crippen LogP contribution is 2.30. The highest BCUT2D eigenvalue weighted by Gasteiger charge is 2.15. The monoisotopic (exact) mass is 375 g/mol. The summed E-state index contributed by atoms with van der Waals surface area (Å²) in [5.74, 6) is 1.22. The third-order valence-electron chi connectivity index (χ3n) is 3.82. The molecule has 1 heterocycles. The summed E-state index contributed by atoms with van der Waals surface area (Å²) in [6.45, 7) is 6.84. The molecule has 2 aromatic rings. The Morgan fingerprint density at radius 3 is 2.46 bits per heavy atom. The average molecular weight is 375 g/mol. The van der Waals surface area contributed by atoms with E-state index in [9.17, 15) is 9.59 Å². The Morgan fingerprint density at radius 1 is 1.08 bits per heavy atom. The van der Waals surface area contributed by atoms with E-state index in [4.69, 9.17) is 9.47 Å². The maximum atomic E-state index is 12.2. The molecule has 0 fully saturated rings. The lowest BCUT2D eigenvalue weighted by molar-refractivity contribution is -0.121. The van der Waals surface area contributed by atoms with Crippen molar-refractivity contribution in [3.63, 3.8) is 0 Å². The predicted molar refractivity (Wildman–Crippen MR) is 103 cm³/mol. The number of amides is 1. The van der Waals surface area contributed by atoms with Crippen molar-refractivity contribution < 1.29 is 19.1 Å². The van der Waals surface area contributed by atoms with Gasteiger partial charge in [0.05, 0.1) is 24.1 Å². The highest BCUT2D eigenvalue weighted by atomic mass is 32.1. The van der Waals surface area contributed by atoms with Gasteiger partial charge in [-0.15, -0.1) is 11.3 Å². The first-order chi connectivity index (χ1) is 12.5. The van der Waals surface area contributed by atoms with Gasteiger partial charge in [-0.25, -0.2) is 0 Å². The van der Waals surface area contributed by atoms with Crippen molar-refractivity contribution in [3.05, 3.63) is 46.2 Å². The third-order valence-corrected chi connectivity index (χ3v) is 4.73. The Balaban J connectivity index is 1.93. The molecule has 1 atom stereocenters. The lowest BCUT2D eigenvalue weighted by Gasteiger charge is -2.17. The second-order valence-corrected chi connectivity index (χ2v) is 6.71. The fourth-order valence-electron chi connectivity index (χ4n) is 2.52. The van der Waals surface area contributed by atoms with Gasteiger partial charge < -0.3 is 14.8 Å². The number of rotatable bonds is 10. The van der Waals surface area contributed by atoms with E-state index in [0.717, 1.165) is 5.56 Å². The molecular formula is C20H25NO4S. The largest absolute Gasteiger partial charge is 0.490 e. The standard InChI is InChI=1S/C20H25NO4S/c1-4-24-17-10-8-15(13-18(17)25-5-2)14(3)21-20(23)11-9-16(22)19-7-6-12-26-19/h6-8,10,12-14H,4-5,9,11H2,1-3H3,(H,21,23)/t14-/m1/s1. The van der Waals surface area contributed by atoms with Gasteiger partial charge >= 0.3 is 0 Å². The summed E-state index contributed by atoms with van der Waals surface area (Å²) in [5.41, 5.74) is 0.926. The van der Waals surface area contributed by atoms with Crippen molar-refractivity contribution in [1.82, 2.24) is 5.32 Å². The van der Waals surface area contributed by atoms with Crippen LogP contribution in [0.25, 0.3) is 0 Å². The summed E-state index contributed by atoms with van der Waals surface area (Å²) in [5, 5.41) is 4.79. The van der Waals surface area contributed by atoms with Crippen molar-refractivity contribution in [2.75, 3.05) is 13.2 Å². The van der Waals surface area contributed by atoms with Gasteiger partial charge in [0.15, 0.2) is 17.3 Å². The molecule has 1 aromatic carbocycles. The first-order valence-electron chi connectivity index (χ1n) is 8.80. The number of carbonyl (C=O) groups is 2. The minimum atomic E-state index is -0.186. The molecule has 140 valence electrons. The molecule has 1 N–H and O–H groups in total. The van der Waals surface area contributed by atoms with Crippen LogP contribution in [0.2, 0.25) is 0 Å². The highest BCUT2D eigenvalue weighted by molar-refractivity contribution is 7.12. The van der Waals surface area contributed by atoms with Crippen LogP contribution in [0.1, 0.15) is 54.9 Å². The number of nitrogens with one attached hydrogen (secondary N) is 1. The minimum Gasteiger partial charge on any atom is -0.490 e. The maximum Gasteiger partial charge on any atom is 0.220 e. The van der Waals surface area contributed by atoms with E-state index in [1.165, 1.54) is 11.3 Å². The van der Waals surface area contributed by atoms with Crippen LogP contribution in [0.5, 0.6) is 11.5 Å². The molecule has 0 radical (unpaired) electrons. The number of ether oxygens (including phenoxy) is 2. The Hall–Kier alpha value is -2.34. The molecule has 1 aromatic heterocycles. The number of thiophene rings is 1. The molecule has 0 unspecified atom stereocenters.